The molecule has 0 heterocycles. The highest BCUT2D eigenvalue weighted by Crippen LogP contribution is 2.33. The number of carbonyl (C=O) groups is 1. The Kier molecular flexibility index (Phi) is 3.10. The molecule has 0 unspecified atom stereocenters. The molecule has 17 heavy (non-hydrogen) atoms. The number of benzene rings is 1. The largest absolute Gasteiger partial charge is 0.398 e. The van der Waals surface area contributed by atoms with Crippen LogP contribution in [-0.4, -0.2) is 5.91 Å². The van der Waals surface area contributed by atoms with Crippen LogP contribution in [0.3, 0.4) is 0 Å². The molecular formula is C12H12F2N2O. The molecule has 0 saturated carbocycles. The third-order valence-corrected chi connectivity index (χ3v) is 2.51. The van der Waals surface area contributed by atoms with Crippen LogP contribution >= 0.6 is 0 Å². The zero-order chi connectivity index (χ0) is 13.4. The summed E-state index contributed by atoms with van der Waals surface area (Å²) in [5.41, 5.74) is 8.78. The summed E-state index contributed by atoms with van der Waals surface area (Å²) >= 11 is 0. The van der Waals surface area contributed by atoms with Gasteiger partial charge in [-0.25, -0.2) is 8.78 Å². The Balaban J connectivity index is 3.72. The number of nitrogen functional groups attached to an aromatic ring is 1. The van der Waals surface area contributed by atoms with Gasteiger partial charge in [-0.3, -0.25) is 4.79 Å². The van der Waals surface area contributed by atoms with Gasteiger partial charge < -0.3 is 11.5 Å². The Labute approximate surface area is 97.8 Å². The van der Waals surface area contributed by atoms with Gasteiger partial charge in [-0.15, -0.1) is 6.42 Å². The van der Waals surface area contributed by atoms with E-state index < -0.39 is 23.0 Å². The van der Waals surface area contributed by atoms with Crippen molar-refractivity contribution in [1.82, 2.24) is 0 Å². The number of rotatable bonds is 2. The SMILES string of the molecule is C#CC(C)(C)c1c(N)c(C(N)=O)cc(F)c1F. The molecule has 0 bridgehead atoms. The molecule has 0 aliphatic carbocycles. The first-order valence-electron chi connectivity index (χ1n) is 4.78. The van der Waals surface area contributed by atoms with E-state index in [1.54, 1.807) is 0 Å². The number of anilines is 1. The van der Waals surface area contributed by atoms with Crippen molar-refractivity contribution in [2.75, 3.05) is 5.73 Å². The van der Waals surface area contributed by atoms with Crippen LogP contribution in [0.25, 0.3) is 0 Å². The number of amides is 1. The minimum atomic E-state index is -1.20. The lowest BCUT2D eigenvalue weighted by Gasteiger charge is -2.22. The summed E-state index contributed by atoms with van der Waals surface area (Å²) in [5, 5.41) is 0. The fraction of sp³-hybridized carbons (Fsp3) is 0.250. The molecule has 0 atom stereocenters. The second kappa shape index (κ2) is 4.06. The standard InChI is InChI=1S/C12H12F2N2O/c1-4-12(2,3)8-9(14)7(13)5-6(10(8)15)11(16)17/h1,5H,15H2,2-3H3,(H2,16,17). The van der Waals surface area contributed by atoms with Crippen molar-refractivity contribution in [2.24, 2.45) is 5.73 Å². The van der Waals surface area contributed by atoms with E-state index >= 15 is 0 Å². The average Bonchev–Trinajstić information content (AvgIpc) is 2.23. The van der Waals surface area contributed by atoms with Crippen LogP contribution in [0.2, 0.25) is 0 Å². The molecule has 0 fully saturated rings. The summed E-state index contributed by atoms with van der Waals surface area (Å²) in [6, 6.07) is 0.670. The van der Waals surface area contributed by atoms with E-state index in [1.807, 2.05) is 0 Å². The van der Waals surface area contributed by atoms with E-state index in [-0.39, 0.29) is 16.8 Å². The molecule has 0 spiro atoms. The molecule has 90 valence electrons. The quantitative estimate of drug-likeness (QED) is 0.606. The maximum absolute atomic E-state index is 13.7. The van der Waals surface area contributed by atoms with E-state index in [4.69, 9.17) is 17.9 Å². The molecule has 0 saturated heterocycles. The van der Waals surface area contributed by atoms with Crippen molar-refractivity contribution in [2.45, 2.75) is 19.3 Å². The first kappa shape index (κ1) is 13.0. The molecule has 1 aromatic rings. The second-order valence-electron chi connectivity index (χ2n) is 4.14. The number of terminal acetylenes is 1. The van der Waals surface area contributed by atoms with E-state index in [0.29, 0.717) is 6.07 Å². The van der Waals surface area contributed by atoms with Gasteiger partial charge in [0, 0.05) is 5.56 Å². The summed E-state index contributed by atoms with van der Waals surface area (Å²) < 4.78 is 27.0. The number of halogens is 2. The second-order valence-corrected chi connectivity index (χ2v) is 4.14. The van der Waals surface area contributed by atoms with Crippen molar-refractivity contribution >= 4 is 11.6 Å². The number of carbonyl (C=O) groups excluding carboxylic acids is 1. The van der Waals surface area contributed by atoms with Crippen LogP contribution in [0, 0.1) is 24.0 Å². The lowest BCUT2D eigenvalue weighted by molar-refractivity contribution is 0.100. The van der Waals surface area contributed by atoms with Gasteiger partial charge in [-0.1, -0.05) is 5.92 Å². The maximum atomic E-state index is 13.7. The lowest BCUT2D eigenvalue weighted by atomic mass is 9.82. The summed E-state index contributed by atoms with van der Waals surface area (Å²) in [7, 11) is 0. The molecule has 0 aliphatic rings. The molecular weight excluding hydrogens is 226 g/mol. The van der Waals surface area contributed by atoms with Crippen molar-refractivity contribution in [3.05, 3.63) is 28.8 Å². The Morgan fingerprint density at radius 3 is 2.41 bits per heavy atom. The van der Waals surface area contributed by atoms with Crippen molar-refractivity contribution < 1.29 is 13.6 Å². The fourth-order valence-electron chi connectivity index (χ4n) is 1.53. The minimum absolute atomic E-state index is 0.223. The topological polar surface area (TPSA) is 69.1 Å². The van der Waals surface area contributed by atoms with Crippen LogP contribution in [0.1, 0.15) is 29.8 Å². The zero-order valence-corrected chi connectivity index (χ0v) is 9.47. The number of primary amides is 1. The van der Waals surface area contributed by atoms with Crippen molar-refractivity contribution in [3.63, 3.8) is 0 Å². The summed E-state index contributed by atoms with van der Waals surface area (Å²) in [6.45, 7) is 2.98. The summed E-state index contributed by atoms with van der Waals surface area (Å²) in [4.78, 5) is 11.1. The Morgan fingerprint density at radius 1 is 1.47 bits per heavy atom. The van der Waals surface area contributed by atoms with Gasteiger partial charge in [0.2, 0.25) is 0 Å². The van der Waals surface area contributed by atoms with Gasteiger partial charge >= 0.3 is 0 Å². The molecule has 1 rings (SSSR count). The number of hydrogen-bond donors (Lipinski definition) is 2. The predicted molar refractivity (Wildman–Crippen MR) is 61.1 cm³/mol. The predicted octanol–water partition coefficient (Wildman–Crippen LogP) is 1.56. The third-order valence-electron chi connectivity index (χ3n) is 2.51. The van der Waals surface area contributed by atoms with Gasteiger partial charge in [-0.2, -0.15) is 0 Å². The highest BCUT2D eigenvalue weighted by atomic mass is 19.2. The van der Waals surface area contributed by atoms with Crippen molar-refractivity contribution in [3.8, 4) is 12.3 Å². The van der Waals surface area contributed by atoms with Crippen LogP contribution in [0.4, 0.5) is 14.5 Å². The lowest BCUT2D eigenvalue weighted by Crippen LogP contribution is -2.23. The molecule has 1 amide bonds. The maximum Gasteiger partial charge on any atom is 0.250 e. The van der Waals surface area contributed by atoms with Crippen LogP contribution in [-0.2, 0) is 5.41 Å². The van der Waals surface area contributed by atoms with Gasteiger partial charge in [0.25, 0.3) is 5.91 Å². The van der Waals surface area contributed by atoms with Gasteiger partial charge in [-0.05, 0) is 19.9 Å². The third kappa shape index (κ3) is 2.07. The van der Waals surface area contributed by atoms with Gasteiger partial charge in [0.05, 0.1) is 16.7 Å². The highest BCUT2D eigenvalue weighted by molar-refractivity contribution is 5.99. The fourth-order valence-corrected chi connectivity index (χ4v) is 1.53. The van der Waals surface area contributed by atoms with E-state index in [2.05, 4.69) is 5.92 Å². The van der Waals surface area contributed by atoms with Crippen LogP contribution in [0.5, 0.6) is 0 Å². The Bertz CT molecular complexity index is 530. The molecule has 3 nitrogen and oxygen atoms in total. The molecule has 0 aliphatic heterocycles. The van der Waals surface area contributed by atoms with Gasteiger partial charge in [0.15, 0.2) is 11.6 Å². The van der Waals surface area contributed by atoms with E-state index in [0.717, 1.165) is 0 Å². The molecule has 4 N–H and O–H groups in total. The first-order valence-corrected chi connectivity index (χ1v) is 4.78. The number of nitrogens with two attached hydrogens (primary N) is 2. The molecule has 0 radical (unpaired) electrons. The van der Waals surface area contributed by atoms with E-state index in [9.17, 15) is 13.6 Å². The zero-order valence-electron chi connectivity index (χ0n) is 9.47. The average molecular weight is 238 g/mol. The first-order chi connectivity index (χ1) is 7.72. The molecule has 0 aromatic heterocycles. The normalized spacial score (nSPS) is 11.0. The van der Waals surface area contributed by atoms with Crippen LogP contribution in [0.15, 0.2) is 6.07 Å². The molecule has 1 aromatic carbocycles. The monoisotopic (exact) mass is 238 g/mol. The highest BCUT2D eigenvalue weighted by Gasteiger charge is 2.29. The Hall–Kier alpha value is -2.09. The van der Waals surface area contributed by atoms with Crippen LogP contribution < -0.4 is 11.5 Å². The minimum Gasteiger partial charge on any atom is -0.398 e. The smallest absolute Gasteiger partial charge is 0.250 e. The molecule has 5 heteroatoms. The van der Waals surface area contributed by atoms with Gasteiger partial charge in [0.1, 0.15) is 0 Å². The summed E-state index contributed by atoms with van der Waals surface area (Å²) in [5.74, 6) is -1.00. The number of hydrogen-bond acceptors (Lipinski definition) is 2. The van der Waals surface area contributed by atoms with E-state index in [1.165, 1.54) is 13.8 Å². The van der Waals surface area contributed by atoms with Crippen molar-refractivity contribution in [1.29, 1.82) is 0 Å². The summed E-state index contributed by atoms with van der Waals surface area (Å²) in [6.07, 6.45) is 5.24. The Morgan fingerprint density at radius 2 is 2.00 bits per heavy atom.